The molecule has 0 saturated carbocycles. The van der Waals surface area contributed by atoms with Crippen molar-refractivity contribution in [3.05, 3.63) is 97.8 Å². The van der Waals surface area contributed by atoms with E-state index < -0.39 is 5.97 Å². The summed E-state index contributed by atoms with van der Waals surface area (Å²) in [5.41, 5.74) is 4.02. The van der Waals surface area contributed by atoms with E-state index in [0.717, 1.165) is 32.1 Å². The largest absolute Gasteiger partial charge is 0.481 e. The summed E-state index contributed by atoms with van der Waals surface area (Å²) in [6, 6.07) is 20.6. The first-order chi connectivity index (χ1) is 17.3. The number of halogens is 3. The van der Waals surface area contributed by atoms with Crippen LogP contribution >= 0.6 is 50.5 Å². The summed E-state index contributed by atoms with van der Waals surface area (Å²) in [6.07, 6.45) is -0.130. The predicted molar refractivity (Wildman–Crippen MR) is 149 cm³/mol. The topological polar surface area (TPSA) is 82.5 Å². The Morgan fingerprint density at radius 2 is 1.81 bits per heavy atom. The molecule has 0 atom stereocenters. The highest BCUT2D eigenvalue weighted by Gasteiger charge is 2.17. The van der Waals surface area contributed by atoms with Gasteiger partial charge in [0.25, 0.3) is 5.91 Å². The number of thiazole rings is 1. The maximum absolute atomic E-state index is 12.4. The third-order valence-electron chi connectivity index (χ3n) is 5.23. The smallest absolute Gasteiger partial charge is 0.305 e. The zero-order valence-corrected chi connectivity index (χ0v) is 22.7. The molecule has 36 heavy (non-hydrogen) atoms. The number of amides is 1. The Morgan fingerprint density at radius 1 is 1.03 bits per heavy atom. The summed E-state index contributed by atoms with van der Waals surface area (Å²) < 4.78 is 0.976. The third kappa shape index (κ3) is 6.64. The van der Waals surface area contributed by atoms with E-state index in [1.807, 2.05) is 47.8 Å². The molecule has 0 aliphatic rings. The van der Waals surface area contributed by atoms with Gasteiger partial charge in [-0.15, -0.1) is 11.3 Å². The maximum atomic E-state index is 12.4. The first kappa shape index (κ1) is 26.2. The molecule has 1 amide bonds. The first-order valence-electron chi connectivity index (χ1n) is 10.8. The Labute approximate surface area is 230 Å². The van der Waals surface area contributed by atoms with Gasteiger partial charge in [0.1, 0.15) is 0 Å². The Bertz CT molecular complexity index is 1400. The first-order valence-corrected chi connectivity index (χ1v) is 13.3. The monoisotopic (exact) mass is 603 g/mol. The van der Waals surface area contributed by atoms with Crippen molar-refractivity contribution in [2.45, 2.75) is 13.0 Å². The van der Waals surface area contributed by atoms with Crippen LogP contribution in [0.5, 0.6) is 0 Å². The van der Waals surface area contributed by atoms with Gasteiger partial charge < -0.3 is 15.3 Å². The zero-order valence-electron chi connectivity index (χ0n) is 18.7. The van der Waals surface area contributed by atoms with Crippen LogP contribution in [0.3, 0.4) is 0 Å². The normalized spacial score (nSPS) is 10.8. The van der Waals surface area contributed by atoms with Crippen molar-refractivity contribution in [2.24, 2.45) is 0 Å². The van der Waals surface area contributed by atoms with Gasteiger partial charge in [0, 0.05) is 33.2 Å². The van der Waals surface area contributed by atoms with Gasteiger partial charge in [0.05, 0.1) is 28.7 Å². The summed E-state index contributed by atoms with van der Waals surface area (Å²) in [5.74, 6) is -1.28. The van der Waals surface area contributed by atoms with Crippen LogP contribution in [0.25, 0.3) is 11.3 Å². The molecule has 1 heterocycles. The Balaban J connectivity index is 1.62. The van der Waals surface area contributed by atoms with Crippen molar-refractivity contribution < 1.29 is 14.7 Å². The molecule has 1 aromatic heterocycles. The van der Waals surface area contributed by atoms with Gasteiger partial charge in [-0.3, -0.25) is 9.59 Å². The van der Waals surface area contributed by atoms with E-state index in [9.17, 15) is 9.59 Å². The highest BCUT2D eigenvalue weighted by Crippen LogP contribution is 2.35. The van der Waals surface area contributed by atoms with E-state index >= 15 is 0 Å². The van der Waals surface area contributed by atoms with Gasteiger partial charge in [-0.05, 0) is 54.1 Å². The van der Waals surface area contributed by atoms with Crippen molar-refractivity contribution in [1.29, 1.82) is 0 Å². The van der Waals surface area contributed by atoms with Crippen molar-refractivity contribution in [2.75, 3.05) is 11.4 Å². The maximum Gasteiger partial charge on any atom is 0.305 e. The SMILES string of the molecule is O=C(O)CCNC(=O)c1ccc(N(Cc2cccc(Br)c2)c2nc(-c3ccc(Cl)c(Cl)c3)cs2)cc1. The molecule has 0 spiro atoms. The average molecular weight is 605 g/mol. The molecule has 0 unspecified atom stereocenters. The minimum Gasteiger partial charge on any atom is -0.481 e. The number of carboxylic acid groups (broad SMARTS) is 1. The minimum atomic E-state index is -0.961. The van der Waals surface area contributed by atoms with Gasteiger partial charge in [0.2, 0.25) is 0 Å². The summed E-state index contributed by atoms with van der Waals surface area (Å²) in [5, 5.41) is 15.1. The van der Waals surface area contributed by atoms with E-state index in [-0.39, 0.29) is 18.9 Å². The van der Waals surface area contributed by atoms with E-state index in [1.165, 1.54) is 11.3 Å². The minimum absolute atomic E-state index is 0.0710. The highest BCUT2D eigenvalue weighted by molar-refractivity contribution is 9.10. The van der Waals surface area contributed by atoms with Crippen LogP contribution in [0.15, 0.2) is 76.6 Å². The molecular formula is C26H20BrCl2N3O3S. The highest BCUT2D eigenvalue weighted by atomic mass is 79.9. The fourth-order valence-corrected chi connectivity index (χ4v) is 5.04. The number of carbonyl (C=O) groups is 2. The molecule has 0 bridgehead atoms. The van der Waals surface area contributed by atoms with Gasteiger partial charge in [-0.2, -0.15) is 0 Å². The number of benzene rings is 3. The van der Waals surface area contributed by atoms with Crippen LogP contribution in [0.1, 0.15) is 22.3 Å². The predicted octanol–water partition coefficient (Wildman–Crippen LogP) is 7.42. The van der Waals surface area contributed by atoms with Gasteiger partial charge in [-0.1, -0.05) is 57.3 Å². The summed E-state index contributed by atoms with van der Waals surface area (Å²) in [7, 11) is 0. The molecule has 0 fully saturated rings. The molecule has 10 heteroatoms. The van der Waals surface area contributed by atoms with Crippen molar-refractivity contribution in [1.82, 2.24) is 10.3 Å². The molecule has 3 aromatic carbocycles. The number of rotatable bonds is 9. The standard InChI is InChI=1S/C26H20BrCl2N3O3S/c27-19-3-1-2-16(12-19)14-32(20-7-4-17(5-8-20)25(35)30-11-10-24(33)34)26-31-23(15-36-26)18-6-9-21(28)22(29)13-18/h1-9,12-13,15H,10-11,14H2,(H,30,35)(H,33,34). The zero-order chi connectivity index (χ0) is 25.7. The molecule has 4 rings (SSSR count). The van der Waals surface area contributed by atoms with Gasteiger partial charge >= 0.3 is 5.97 Å². The average Bonchev–Trinajstić information content (AvgIpc) is 3.34. The Kier molecular flexibility index (Phi) is 8.64. The Hall–Kier alpha value is -2.91. The summed E-state index contributed by atoms with van der Waals surface area (Å²) >= 11 is 17.3. The number of carboxylic acids is 1. The van der Waals surface area contributed by atoms with Crippen molar-refractivity contribution >= 4 is 73.2 Å². The fraction of sp³-hybridized carbons (Fsp3) is 0.115. The van der Waals surface area contributed by atoms with Crippen LogP contribution in [-0.2, 0) is 11.3 Å². The number of carbonyl (C=O) groups excluding carboxylic acids is 1. The van der Waals surface area contributed by atoms with E-state index in [2.05, 4.69) is 26.1 Å². The second-order valence-corrected chi connectivity index (χ2v) is 10.4. The lowest BCUT2D eigenvalue weighted by atomic mass is 10.1. The van der Waals surface area contributed by atoms with Crippen LogP contribution in [0.4, 0.5) is 10.8 Å². The number of hydrogen-bond acceptors (Lipinski definition) is 5. The van der Waals surface area contributed by atoms with Crippen molar-refractivity contribution in [3.63, 3.8) is 0 Å². The summed E-state index contributed by atoms with van der Waals surface area (Å²) in [6.45, 7) is 0.624. The quantitative estimate of drug-likeness (QED) is 0.208. The lowest BCUT2D eigenvalue weighted by Crippen LogP contribution is -2.26. The number of aromatic nitrogens is 1. The molecule has 0 aliphatic carbocycles. The Morgan fingerprint density at radius 3 is 2.50 bits per heavy atom. The second-order valence-electron chi connectivity index (χ2n) is 7.81. The lowest BCUT2D eigenvalue weighted by Gasteiger charge is -2.22. The van der Waals surface area contributed by atoms with E-state index in [0.29, 0.717) is 22.2 Å². The second kappa shape index (κ2) is 11.9. The van der Waals surface area contributed by atoms with E-state index in [4.69, 9.17) is 33.3 Å². The number of nitrogens with one attached hydrogen (secondary N) is 1. The molecule has 6 nitrogen and oxygen atoms in total. The molecule has 184 valence electrons. The van der Waals surface area contributed by atoms with E-state index in [1.54, 1.807) is 24.3 Å². The lowest BCUT2D eigenvalue weighted by molar-refractivity contribution is -0.136. The van der Waals surface area contributed by atoms with Gasteiger partial charge in [0.15, 0.2) is 5.13 Å². The molecule has 2 N–H and O–H groups in total. The number of anilines is 2. The van der Waals surface area contributed by atoms with Crippen LogP contribution in [0, 0.1) is 0 Å². The fourth-order valence-electron chi connectivity index (χ4n) is 3.44. The molecule has 0 radical (unpaired) electrons. The van der Waals surface area contributed by atoms with Crippen LogP contribution in [-0.4, -0.2) is 28.5 Å². The summed E-state index contributed by atoms with van der Waals surface area (Å²) in [4.78, 5) is 30.0. The molecule has 4 aromatic rings. The van der Waals surface area contributed by atoms with Crippen molar-refractivity contribution in [3.8, 4) is 11.3 Å². The molecule has 0 saturated heterocycles. The number of aliphatic carboxylic acids is 1. The number of nitrogens with zero attached hydrogens (tertiary/aromatic N) is 2. The third-order valence-corrected chi connectivity index (χ3v) is 7.33. The van der Waals surface area contributed by atoms with Crippen LogP contribution < -0.4 is 10.2 Å². The van der Waals surface area contributed by atoms with Crippen LogP contribution in [0.2, 0.25) is 10.0 Å². The molecule has 0 aliphatic heterocycles. The number of hydrogen-bond donors (Lipinski definition) is 2. The van der Waals surface area contributed by atoms with Gasteiger partial charge in [-0.25, -0.2) is 4.98 Å². The molecular weight excluding hydrogens is 585 g/mol.